The monoisotopic (exact) mass is 442 g/mol. The fraction of sp³-hybridized carbons (Fsp3) is 0.105. The summed E-state index contributed by atoms with van der Waals surface area (Å²) in [5, 5.41) is 15.5. The van der Waals surface area contributed by atoms with Crippen molar-refractivity contribution in [3.63, 3.8) is 0 Å². The fourth-order valence-electron chi connectivity index (χ4n) is 2.63. The van der Waals surface area contributed by atoms with Gasteiger partial charge in [0.15, 0.2) is 0 Å². The topological polar surface area (TPSA) is 158 Å². The summed E-state index contributed by atoms with van der Waals surface area (Å²) in [4.78, 5) is 61.4. The largest absolute Gasteiger partial charge is 0.465 e. The first-order chi connectivity index (χ1) is 14.8. The van der Waals surface area contributed by atoms with Gasteiger partial charge in [0.05, 0.1) is 28.9 Å². The number of carbonyl (C=O) groups excluding carboxylic acids is 4. The third kappa shape index (κ3) is 5.30. The molecule has 1 aromatic heterocycles. The third-order valence-electron chi connectivity index (χ3n) is 4.05. The number of anilines is 1. The Bertz CT molecular complexity index is 1130. The Morgan fingerprint density at radius 3 is 2.65 bits per heavy atom. The Kier molecular flexibility index (Phi) is 6.40. The van der Waals surface area contributed by atoms with Crippen LogP contribution in [0.25, 0.3) is 6.08 Å². The van der Waals surface area contributed by atoms with E-state index in [1.165, 1.54) is 49.7 Å². The number of ether oxygens (including phenoxy) is 1. The first kappa shape index (κ1) is 21.6. The minimum absolute atomic E-state index is 0.117. The normalized spacial score (nSPS) is 14.3. The van der Waals surface area contributed by atoms with Crippen molar-refractivity contribution in [2.75, 3.05) is 12.4 Å². The Hall–Kier alpha value is -4.06. The summed E-state index contributed by atoms with van der Waals surface area (Å²) >= 11 is 0.695. The van der Waals surface area contributed by atoms with Crippen LogP contribution in [0.3, 0.4) is 0 Å². The van der Waals surface area contributed by atoms with E-state index in [2.05, 4.69) is 20.4 Å². The molecule has 0 spiro atoms. The first-order valence-electron chi connectivity index (χ1n) is 8.63. The minimum atomic E-state index is -0.638. The van der Waals surface area contributed by atoms with Gasteiger partial charge in [0.25, 0.3) is 16.8 Å². The number of pyridine rings is 1. The Balaban J connectivity index is 1.74. The third-order valence-corrected chi connectivity index (χ3v) is 4.86. The summed E-state index contributed by atoms with van der Waals surface area (Å²) in [5.74, 6) is -1.54. The van der Waals surface area contributed by atoms with Crippen LogP contribution in [0.15, 0.2) is 41.4 Å². The average Bonchev–Trinajstić information content (AvgIpc) is 3.05. The van der Waals surface area contributed by atoms with E-state index in [1.807, 2.05) is 0 Å². The summed E-state index contributed by atoms with van der Waals surface area (Å²) in [6, 6.07) is 6.94. The molecule has 1 saturated heterocycles. The zero-order chi connectivity index (χ0) is 22.5. The van der Waals surface area contributed by atoms with E-state index >= 15 is 0 Å². The molecule has 12 heteroatoms. The van der Waals surface area contributed by atoms with Crippen molar-refractivity contribution in [2.24, 2.45) is 0 Å². The molecule has 2 aromatic rings. The van der Waals surface area contributed by atoms with E-state index in [0.717, 1.165) is 0 Å². The lowest BCUT2D eigenvalue weighted by Crippen LogP contribution is -2.17. The second kappa shape index (κ2) is 9.17. The van der Waals surface area contributed by atoms with Crippen LogP contribution in [0.5, 0.6) is 0 Å². The molecule has 1 aliphatic heterocycles. The molecule has 11 nitrogen and oxygen atoms in total. The summed E-state index contributed by atoms with van der Waals surface area (Å²) in [5.41, 5.74) is 0.378. The molecular formula is C19H14N4O7S. The number of nitro groups is 1. The first-order valence-corrected chi connectivity index (χ1v) is 9.45. The van der Waals surface area contributed by atoms with Gasteiger partial charge in [-0.3, -0.25) is 29.8 Å². The zero-order valence-electron chi connectivity index (χ0n) is 15.9. The van der Waals surface area contributed by atoms with Gasteiger partial charge in [-0.1, -0.05) is 12.1 Å². The fourth-order valence-corrected chi connectivity index (χ4v) is 3.31. The van der Waals surface area contributed by atoms with Crippen LogP contribution >= 0.6 is 11.8 Å². The van der Waals surface area contributed by atoms with Crippen molar-refractivity contribution >= 4 is 52.4 Å². The minimum Gasteiger partial charge on any atom is -0.465 e. The van der Waals surface area contributed by atoms with Crippen LogP contribution in [-0.4, -0.2) is 40.0 Å². The highest BCUT2D eigenvalue weighted by molar-refractivity contribution is 8.18. The van der Waals surface area contributed by atoms with Crippen LogP contribution in [0.4, 0.5) is 16.3 Å². The molecule has 0 aliphatic carbocycles. The molecule has 1 aliphatic rings. The highest BCUT2D eigenvalue weighted by Crippen LogP contribution is 2.28. The number of esters is 1. The number of rotatable bonds is 6. The zero-order valence-corrected chi connectivity index (χ0v) is 16.7. The van der Waals surface area contributed by atoms with Gasteiger partial charge in [-0.05, 0) is 35.5 Å². The number of thioether (sulfide) groups is 1. The van der Waals surface area contributed by atoms with E-state index in [0.29, 0.717) is 17.3 Å². The van der Waals surface area contributed by atoms with Gasteiger partial charge in [0, 0.05) is 17.8 Å². The van der Waals surface area contributed by atoms with Gasteiger partial charge in [0.1, 0.15) is 5.82 Å². The molecule has 3 rings (SSSR count). The lowest BCUT2D eigenvalue weighted by molar-refractivity contribution is -0.385. The molecule has 1 fully saturated rings. The van der Waals surface area contributed by atoms with Crippen LogP contribution < -0.4 is 10.6 Å². The van der Waals surface area contributed by atoms with Gasteiger partial charge in [0.2, 0.25) is 5.91 Å². The van der Waals surface area contributed by atoms with Crippen LogP contribution in [0, 0.1) is 10.1 Å². The van der Waals surface area contributed by atoms with Gasteiger partial charge < -0.3 is 10.1 Å². The second-order valence-electron chi connectivity index (χ2n) is 6.15. The number of hydrogen-bond donors (Lipinski definition) is 2. The number of benzene rings is 1. The van der Waals surface area contributed by atoms with E-state index in [1.54, 1.807) is 0 Å². The number of amides is 3. The van der Waals surface area contributed by atoms with Gasteiger partial charge in [-0.25, -0.2) is 9.78 Å². The standard InChI is InChI=1S/C19H14N4O7S/c1-30-18(26)12-4-5-15(20-9-12)21-16(24)8-11-3-2-10(6-13(11)23(28)29)7-14-17(25)22-19(27)31-14/h2-7,9H,8H2,1H3,(H,20,21,24)(H,22,25,27)/b14-7-. The number of carbonyl (C=O) groups is 4. The number of nitrogens with one attached hydrogen (secondary N) is 2. The van der Waals surface area contributed by atoms with E-state index in [4.69, 9.17) is 0 Å². The lowest BCUT2D eigenvalue weighted by Gasteiger charge is -2.07. The van der Waals surface area contributed by atoms with E-state index in [9.17, 15) is 29.3 Å². The molecule has 0 saturated carbocycles. The van der Waals surface area contributed by atoms with Crippen LogP contribution in [-0.2, 0) is 20.7 Å². The van der Waals surface area contributed by atoms with Crippen molar-refractivity contribution in [2.45, 2.75) is 6.42 Å². The SMILES string of the molecule is COC(=O)c1ccc(NC(=O)Cc2ccc(/C=C3\SC(=O)NC3=O)cc2[N+](=O)[O-])nc1. The van der Waals surface area contributed by atoms with Crippen molar-refractivity contribution in [3.05, 3.63) is 68.2 Å². The molecule has 0 radical (unpaired) electrons. The second-order valence-corrected chi connectivity index (χ2v) is 7.16. The predicted octanol–water partition coefficient (Wildman–Crippen LogP) is 2.28. The van der Waals surface area contributed by atoms with Crippen molar-refractivity contribution < 1.29 is 28.8 Å². The average molecular weight is 442 g/mol. The molecule has 0 atom stereocenters. The quantitative estimate of drug-likeness (QED) is 0.296. The maximum absolute atomic E-state index is 12.3. The molecule has 0 bridgehead atoms. The highest BCUT2D eigenvalue weighted by atomic mass is 32.2. The van der Waals surface area contributed by atoms with Crippen molar-refractivity contribution in [3.8, 4) is 0 Å². The molecule has 0 unspecified atom stereocenters. The number of methoxy groups -OCH3 is 1. The summed E-state index contributed by atoms with van der Waals surface area (Å²) in [6.45, 7) is 0. The highest BCUT2D eigenvalue weighted by Gasteiger charge is 2.25. The van der Waals surface area contributed by atoms with Crippen molar-refractivity contribution in [1.29, 1.82) is 0 Å². The van der Waals surface area contributed by atoms with Crippen LogP contribution in [0.2, 0.25) is 0 Å². The molecule has 2 N–H and O–H groups in total. The maximum Gasteiger partial charge on any atom is 0.339 e. The van der Waals surface area contributed by atoms with E-state index in [-0.39, 0.29) is 34.0 Å². The lowest BCUT2D eigenvalue weighted by atomic mass is 10.1. The summed E-state index contributed by atoms with van der Waals surface area (Å²) < 4.78 is 4.56. The molecular weight excluding hydrogens is 428 g/mol. The molecule has 2 heterocycles. The Morgan fingerprint density at radius 1 is 1.29 bits per heavy atom. The molecule has 158 valence electrons. The van der Waals surface area contributed by atoms with Crippen molar-refractivity contribution in [1.82, 2.24) is 10.3 Å². The smallest absolute Gasteiger partial charge is 0.339 e. The molecule has 1 aromatic carbocycles. The van der Waals surface area contributed by atoms with Crippen LogP contribution in [0.1, 0.15) is 21.5 Å². The van der Waals surface area contributed by atoms with Gasteiger partial charge in [-0.2, -0.15) is 0 Å². The summed E-state index contributed by atoms with van der Waals surface area (Å²) in [6.07, 6.45) is 2.28. The summed E-state index contributed by atoms with van der Waals surface area (Å²) in [7, 11) is 1.23. The van der Waals surface area contributed by atoms with Gasteiger partial charge in [-0.15, -0.1) is 0 Å². The number of nitro benzene ring substituents is 1. The predicted molar refractivity (Wildman–Crippen MR) is 110 cm³/mol. The Morgan fingerprint density at radius 2 is 2.06 bits per heavy atom. The molecule has 31 heavy (non-hydrogen) atoms. The number of nitrogens with zero attached hydrogens (tertiary/aromatic N) is 2. The maximum atomic E-state index is 12.3. The van der Waals surface area contributed by atoms with Gasteiger partial charge >= 0.3 is 5.97 Å². The Labute approximate surface area is 179 Å². The number of imide groups is 1. The molecule has 3 amide bonds. The number of hydrogen-bond acceptors (Lipinski definition) is 9. The van der Waals surface area contributed by atoms with E-state index < -0.39 is 27.9 Å². The number of aromatic nitrogens is 1.